The third kappa shape index (κ3) is 5.84. The number of hydrogen-bond acceptors (Lipinski definition) is 5. The molecule has 0 aliphatic carbocycles. The van der Waals surface area contributed by atoms with Gasteiger partial charge < -0.3 is 14.2 Å². The van der Waals surface area contributed by atoms with Crippen LogP contribution in [0.3, 0.4) is 0 Å². The Morgan fingerprint density at radius 3 is 2.18 bits per heavy atom. The summed E-state index contributed by atoms with van der Waals surface area (Å²) in [6.07, 6.45) is 0.518. The van der Waals surface area contributed by atoms with Gasteiger partial charge >= 0.3 is 11.9 Å². The molecule has 150 valence electrons. The minimum absolute atomic E-state index is 0.223. The first-order valence-electron chi connectivity index (χ1n) is 9.51. The molecule has 0 fully saturated rings. The normalized spacial score (nSPS) is 11.0. The van der Waals surface area contributed by atoms with Crippen LogP contribution in [0.2, 0.25) is 0 Å². The fraction of sp³-hybridized carbons (Fsp3) is 0.391. The van der Waals surface area contributed by atoms with Gasteiger partial charge in [-0.25, -0.2) is 4.79 Å². The molecule has 0 N–H and O–H groups in total. The van der Waals surface area contributed by atoms with Crippen LogP contribution in [-0.4, -0.2) is 25.2 Å². The second-order valence-corrected chi connectivity index (χ2v) is 7.09. The SMILES string of the molecule is CCOC(=O)c1ccc(COc2ccccc2CC(C)(C)C(=O)OCC)cc1. The van der Waals surface area contributed by atoms with Crippen LogP contribution in [0, 0.1) is 5.41 Å². The van der Waals surface area contributed by atoms with Gasteiger partial charge in [0.1, 0.15) is 12.4 Å². The van der Waals surface area contributed by atoms with Crippen molar-refractivity contribution in [3.8, 4) is 5.75 Å². The number of para-hydroxylation sites is 1. The van der Waals surface area contributed by atoms with E-state index in [1.54, 1.807) is 26.0 Å². The highest BCUT2D eigenvalue weighted by molar-refractivity contribution is 5.89. The van der Waals surface area contributed by atoms with Crippen LogP contribution < -0.4 is 4.74 Å². The van der Waals surface area contributed by atoms with Crippen molar-refractivity contribution in [1.82, 2.24) is 0 Å². The summed E-state index contributed by atoms with van der Waals surface area (Å²) in [7, 11) is 0. The van der Waals surface area contributed by atoms with Crippen LogP contribution in [-0.2, 0) is 27.3 Å². The van der Waals surface area contributed by atoms with Gasteiger partial charge in [-0.2, -0.15) is 0 Å². The summed E-state index contributed by atoms with van der Waals surface area (Å²) < 4.78 is 16.2. The molecule has 2 aromatic carbocycles. The minimum atomic E-state index is -0.642. The molecular weight excluding hydrogens is 356 g/mol. The maximum atomic E-state index is 12.2. The Kier molecular flexibility index (Phi) is 7.61. The topological polar surface area (TPSA) is 61.8 Å². The van der Waals surface area contributed by atoms with Crippen molar-refractivity contribution in [2.24, 2.45) is 5.41 Å². The lowest BCUT2D eigenvalue weighted by atomic mass is 9.85. The van der Waals surface area contributed by atoms with E-state index in [1.165, 1.54) is 0 Å². The van der Waals surface area contributed by atoms with Crippen molar-refractivity contribution in [2.75, 3.05) is 13.2 Å². The molecule has 0 radical (unpaired) electrons. The molecule has 2 aromatic rings. The van der Waals surface area contributed by atoms with Crippen molar-refractivity contribution in [3.63, 3.8) is 0 Å². The van der Waals surface area contributed by atoms with Gasteiger partial charge in [0.2, 0.25) is 0 Å². The highest BCUT2D eigenvalue weighted by Crippen LogP contribution is 2.29. The quantitative estimate of drug-likeness (QED) is 0.593. The van der Waals surface area contributed by atoms with Gasteiger partial charge in [-0.05, 0) is 63.4 Å². The molecule has 0 saturated carbocycles. The van der Waals surface area contributed by atoms with Crippen LogP contribution in [0.4, 0.5) is 0 Å². The fourth-order valence-electron chi connectivity index (χ4n) is 2.78. The third-order valence-corrected chi connectivity index (χ3v) is 4.29. The number of hydrogen-bond donors (Lipinski definition) is 0. The Labute approximate surface area is 166 Å². The number of ether oxygens (including phenoxy) is 3. The lowest BCUT2D eigenvalue weighted by Crippen LogP contribution is -2.29. The van der Waals surface area contributed by atoms with E-state index in [2.05, 4.69) is 0 Å². The van der Waals surface area contributed by atoms with Crippen molar-refractivity contribution in [1.29, 1.82) is 0 Å². The molecule has 5 nitrogen and oxygen atoms in total. The largest absolute Gasteiger partial charge is 0.489 e. The van der Waals surface area contributed by atoms with Crippen LogP contribution in [0.1, 0.15) is 49.2 Å². The molecule has 2 rings (SSSR count). The van der Waals surface area contributed by atoms with E-state index in [1.807, 2.05) is 50.2 Å². The Balaban J connectivity index is 2.05. The Morgan fingerprint density at radius 1 is 0.893 bits per heavy atom. The summed E-state index contributed by atoms with van der Waals surface area (Å²) >= 11 is 0. The van der Waals surface area contributed by atoms with Crippen molar-refractivity contribution in [3.05, 3.63) is 65.2 Å². The molecule has 5 heteroatoms. The molecule has 28 heavy (non-hydrogen) atoms. The summed E-state index contributed by atoms with van der Waals surface area (Å²) in [5.41, 5.74) is 1.76. The Morgan fingerprint density at radius 2 is 1.54 bits per heavy atom. The predicted molar refractivity (Wildman–Crippen MR) is 107 cm³/mol. The van der Waals surface area contributed by atoms with E-state index in [9.17, 15) is 9.59 Å². The molecule has 0 unspecified atom stereocenters. The number of carbonyl (C=O) groups is 2. The molecule has 0 atom stereocenters. The second-order valence-electron chi connectivity index (χ2n) is 7.09. The zero-order chi connectivity index (χ0) is 20.6. The third-order valence-electron chi connectivity index (χ3n) is 4.29. The maximum absolute atomic E-state index is 12.2. The average Bonchev–Trinajstić information content (AvgIpc) is 2.68. The van der Waals surface area contributed by atoms with Gasteiger partial charge in [-0.3, -0.25) is 4.79 Å². The van der Waals surface area contributed by atoms with E-state index < -0.39 is 5.41 Å². The molecule has 0 aromatic heterocycles. The van der Waals surface area contributed by atoms with Crippen molar-refractivity contribution >= 4 is 11.9 Å². The zero-order valence-corrected chi connectivity index (χ0v) is 17.0. The molecule has 0 bridgehead atoms. The molecule has 0 amide bonds. The fourth-order valence-corrected chi connectivity index (χ4v) is 2.78. The van der Waals surface area contributed by atoms with E-state index in [0.29, 0.717) is 31.8 Å². The first-order chi connectivity index (χ1) is 13.4. The highest BCUT2D eigenvalue weighted by atomic mass is 16.5. The lowest BCUT2D eigenvalue weighted by molar-refractivity contribution is -0.153. The number of rotatable bonds is 9. The summed E-state index contributed by atoms with van der Waals surface area (Å²) in [6, 6.07) is 14.8. The molecule has 0 heterocycles. The average molecular weight is 384 g/mol. The van der Waals surface area contributed by atoms with E-state index >= 15 is 0 Å². The zero-order valence-electron chi connectivity index (χ0n) is 17.0. The summed E-state index contributed by atoms with van der Waals surface area (Å²) in [5.74, 6) is 0.176. The highest BCUT2D eigenvalue weighted by Gasteiger charge is 2.30. The number of benzene rings is 2. The number of esters is 2. The minimum Gasteiger partial charge on any atom is -0.489 e. The first-order valence-corrected chi connectivity index (χ1v) is 9.51. The monoisotopic (exact) mass is 384 g/mol. The lowest BCUT2D eigenvalue weighted by Gasteiger charge is -2.23. The second kappa shape index (κ2) is 9.93. The first kappa shape index (κ1) is 21.5. The summed E-state index contributed by atoms with van der Waals surface area (Å²) in [4.78, 5) is 23.9. The van der Waals surface area contributed by atoms with Gasteiger partial charge in [-0.1, -0.05) is 30.3 Å². The summed E-state index contributed by atoms with van der Waals surface area (Å²) in [5, 5.41) is 0. The van der Waals surface area contributed by atoms with Crippen molar-refractivity contribution < 1.29 is 23.8 Å². The standard InChI is InChI=1S/C23H28O5/c1-5-26-21(24)18-13-11-17(12-14-18)16-28-20-10-8-7-9-19(20)15-23(3,4)22(25)27-6-2/h7-14H,5-6,15-16H2,1-4H3. The van der Waals surface area contributed by atoms with E-state index in [0.717, 1.165) is 16.9 Å². The Bertz CT molecular complexity index is 793. The van der Waals surface area contributed by atoms with Crippen LogP contribution in [0.15, 0.2) is 48.5 Å². The van der Waals surface area contributed by atoms with Crippen LogP contribution in [0.5, 0.6) is 5.75 Å². The van der Waals surface area contributed by atoms with Crippen molar-refractivity contribution in [2.45, 2.75) is 40.7 Å². The molecule has 0 aliphatic heterocycles. The van der Waals surface area contributed by atoms with Gasteiger partial charge in [-0.15, -0.1) is 0 Å². The maximum Gasteiger partial charge on any atom is 0.338 e. The van der Waals surface area contributed by atoms with Gasteiger partial charge in [0, 0.05) is 0 Å². The van der Waals surface area contributed by atoms with Crippen LogP contribution in [0.25, 0.3) is 0 Å². The summed E-state index contributed by atoms with van der Waals surface area (Å²) in [6.45, 7) is 8.40. The molecular formula is C23H28O5. The molecule has 0 saturated heterocycles. The van der Waals surface area contributed by atoms with Gasteiger partial charge in [0.15, 0.2) is 0 Å². The molecule has 0 spiro atoms. The van der Waals surface area contributed by atoms with Crippen LogP contribution >= 0.6 is 0 Å². The Hall–Kier alpha value is -2.82. The van der Waals surface area contributed by atoms with E-state index in [4.69, 9.17) is 14.2 Å². The number of carbonyl (C=O) groups excluding carboxylic acids is 2. The smallest absolute Gasteiger partial charge is 0.338 e. The van der Waals surface area contributed by atoms with Gasteiger partial charge in [0.05, 0.1) is 24.2 Å². The molecule has 0 aliphatic rings. The van der Waals surface area contributed by atoms with Gasteiger partial charge in [0.25, 0.3) is 0 Å². The van der Waals surface area contributed by atoms with E-state index in [-0.39, 0.29) is 11.9 Å². The predicted octanol–water partition coefficient (Wildman–Crippen LogP) is 4.57.